The number of carbonyl (C=O) groups is 1. The fourth-order valence-electron chi connectivity index (χ4n) is 1.69. The second-order valence-electron chi connectivity index (χ2n) is 4.38. The van der Waals surface area contributed by atoms with Crippen LogP contribution in [0.1, 0.15) is 36.2 Å². The first-order valence-electron chi connectivity index (χ1n) is 5.66. The van der Waals surface area contributed by atoms with E-state index >= 15 is 0 Å². The number of benzene rings is 1. The molecule has 0 aliphatic rings. The third kappa shape index (κ3) is 2.96. The van der Waals surface area contributed by atoms with Crippen LogP contribution in [0.3, 0.4) is 0 Å². The molecule has 5 nitrogen and oxygen atoms in total. The van der Waals surface area contributed by atoms with Crippen LogP contribution in [-0.2, 0) is 0 Å². The fourth-order valence-corrected chi connectivity index (χ4v) is 4.28. The molecule has 2 aromatic rings. The van der Waals surface area contributed by atoms with Gasteiger partial charge in [-0.3, -0.25) is 0 Å². The molecule has 1 aromatic carbocycles. The van der Waals surface area contributed by atoms with E-state index in [0.717, 1.165) is 19.1 Å². The van der Waals surface area contributed by atoms with Gasteiger partial charge in [0.15, 0.2) is 0 Å². The van der Waals surface area contributed by atoms with Crippen molar-refractivity contribution < 1.29 is 9.90 Å². The van der Waals surface area contributed by atoms with Crippen LogP contribution in [0.4, 0.5) is 0 Å². The van der Waals surface area contributed by atoms with Crippen LogP contribution in [0, 0.1) is 0 Å². The number of carboxylic acid groups (broad SMARTS) is 1. The molecule has 1 N–H and O–H groups in total. The Kier molecular flexibility index (Phi) is 4.66. The van der Waals surface area contributed by atoms with Gasteiger partial charge in [-0.2, -0.15) is 0 Å². The Bertz CT molecular complexity index is 660. The van der Waals surface area contributed by atoms with Gasteiger partial charge in [0.25, 0.3) is 5.82 Å². The van der Waals surface area contributed by atoms with Crippen LogP contribution in [0.5, 0.6) is 0 Å². The normalized spacial score (nSPS) is 11.1. The van der Waals surface area contributed by atoms with Gasteiger partial charge in [-0.05, 0) is 44.0 Å². The SMILES string of the molecule is CC(C)c1nc(C(=O)O)nn1-c1c(Br)cc(Br)cc1Br. The molecule has 0 aliphatic carbocycles. The summed E-state index contributed by atoms with van der Waals surface area (Å²) < 4.78 is 4.00. The van der Waals surface area contributed by atoms with E-state index in [1.165, 1.54) is 0 Å². The largest absolute Gasteiger partial charge is 0.475 e. The maximum atomic E-state index is 11.1. The molecule has 0 bridgehead atoms. The van der Waals surface area contributed by atoms with Gasteiger partial charge in [0.1, 0.15) is 5.82 Å². The lowest BCUT2D eigenvalue weighted by Crippen LogP contribution is -2.06. The number of carboxylic acids is 1. The Hall–Kier alpha value is -0.730. The van der Waals surface area contributed by atoms with Gasteiger partial charge in [0.2, 0.25) is 0 Å². The number of hydrogen-bond acceptors (Lipinski definition) is 3. The molecule has 2 rings (SSSR count). The molecule has 8 heteroatoms. The van der Waals surface area contributed by atoms with Crippen LogP contribution < -0.4 is 0 Å². The second kappa shape index (κ2) is 5.95. The summed E-state index contributed by atoms with van der Waals surface area (Å²) in [4.78, 5) is 15.2. The summed E-state index contributed by atoms with van der Waals surface area (Å²) in [5.74, 6) is -0.727. The number of rotatable bonds is 3. The highest BCUT2D eigenvalue weighted by Gasteiger charge is 2.21. The van der Waals surface area contributed by atoms with Crippen molar-refractivity contribution in [2.75, 3.05) is 0 Å². The maximum Gasteiger partial charge on any atom is 0.375 e. The molecule has 1 aromatic heterocycles. The van der Waals surface area contributed by atoms with Crippen LogP contribution in [0.25, 0.3) is 5.69 Å². The zero-order valence-corrected chi connectivity index (χ0v) is 15.3. The van der Waals surface area contributed by atoms with Gasteiger partial charge in [0.05, 0.1) is 5.69 Å². The standard InChI is InChI=1S/C12H10Br3N3O2/c1-5(2)11-16-10(12(19)20)17-18(11)9-7(14)3-6(13)4-8(9)15/h3-5H,1-2H3,(H,19,20). The van der Waals surface area contributed by atoms with E-state index in [1.807, 2.05) is 26.0 Å². The molecule has 0 aliphatic heterocycles. The Balaban J connectivity index is 2.72. The summed E-state index contributed by atoms with van der Waals surface area (Å²) in [6.07, 6.45) is 0. The molecule has 0 fully saturated rings. The van der Waals surface area contributed by atoms with Gasteiger partial charge >= 0.3 is 5.97 Å². The van der Waals surface area contributed by atoms with Gasteiger partial charge in [0, 0.05) is 19.3 Å². The minimum atomic E-state index is -1.14. The first kappa shape index (κ1) is 15.7. The first-order chi connectivity index (χ1) is 9.31. The number of nitrogens with zero attached hydrogens (tertiary/aromatic N) is 3. The van der Waals surface area contributed by atoms with Gasteiger partial charge in [-0.1, -0.05) is 29.8 Å². The lowest BCUT2D eigenvalue weighted by Gasteiger charge is -2.12. The molecular formula is C12H10Br3N3O2. The molecule has 1 heterocycles. The Morgan fingerprint density at radius 2 is 1.80 bits per heavy atom. The highest BCUT2D eigenvalue weighted by atomic mass is 79.9. The summed E-state index contributed by atoms with van der Waals surface area (Å²) >= 11 is 10.3. The zero-order chi connectivity index (χ0) is 15.0. The maximum absolute atomic E-state index is 11.1. The Morgan fingerprint density at radius 1 is 1.25 bits per heavy atom. The third-order valence-electron chi connectivity index (χ3n) is 2.53. The first-order valence-corrected chi connectivity index (χ1v) is 8.04. The van der Waals surface area contributed by atoms with Crippen LogP contribution in [0.2, 0.25) is 0 Å². The molecule has 0 atom stereocenters. The fraction of sp³-hybridized carbons (Fsp3) is 0.250. The summed E-state index contributed by atoms with van der Waals surface area (Å²) in [5, 5.41) is 13.1. The van der Waals surface area contributed by atoms with E-state index in [9.17, 15) is 4.79 Å². The lowest BCUT2D eigenvalue weighted by molar-refractivity contribution is 0.0683. The molecule has 20 heavy (non-hydrogen) atoms. The molecule has 0 saturated carbocycles. The molecule has 0 spiro atoms. The van der Waals surface area contributed by atoms with E-state index in [0.29, 0.717) is 5.82 Å². The average Bonchev–Trinajstić information content (AvgIpc) is 2.72. The van der Waals surface area contributed by atoms with Crippen molar-refractivity contribution >= 4 is 53.8 Å². The molecular weight excluding hydrogens is 458 g/mol. The van der Waals surface area contributed by atoms with Gasteiger partial charge in [-0.15, -0.1) is 5.10 Å². The van der Waals surface area contributed by atoms with Gasteiger partial charge in [-0.25, -0.2) is 14.5 Å². The van der Waals surface area contributed by atoms with Crippen molar-refractivity contribution in [3.8, 4) is 5.69 Å². The predicted octanol–water partition coefficient (Wildman–Crippen LogP) is 4.38. The molecule has 106 valence electrons. The minimum absolute atomic E-state index is 0.0399. The van der Waals surface area contributed by atoms with Crippen molar-refractivity contribution in [1.29, 1.82) is 0 Å². The Labute approximate surface area is 140 Å². The third-order valence-corrected chi connectivity index (χ3v) is 4.20. The van der Waals surface area contributed by atoms with Crippen molar-refractivity contribution in [2.45, 2.75) is 19.8 Å². The van der Waals surface area contributed by atoms with Crippen molar-refractivity contribution in [3.05, 3.63) is 37.2 Å². The number of halogens is 3. The van der Waals surface area contributed by atoms with E-state index in [1.54, 1.807) is 4.68 Å². The topological polar surface area (TPSA) is 68.0 Å². The van der Waals surface area contributed by atoms with Crippen molar-refractivity contribution in [2.24, 2.45) is 0 Å². The van der Waals surface area contributed by atoms with E-state index in [2.05, 4.69) is 57.9 Å². The highest BCUT2D eigenvalue weighted by Crippen LogP contribution is 2.34. The molecule has 0 amide bonds. The average molecular weight is 468 g/mol. The minimum Gasteiger partial charge on any atom is -0.475 e. The van der Waals surface area contributed by atoms with E-state index in [4.69, 9.17) is 5.11 Å². The summed E-state index contributed by atoms with van der Waals surface area (Å²) in [5.41, 5.74) is 0.719. The zero-order valence-electron chi connectivity index (χ0n) is 10.6. The summed E-state index contributed by atoms with van der Waals surface area (Å²) in [7, 11) is 0. The molecule has 0 saturated heterocycles. The monoisotopic (exact) mass is 465 g/mol. The van der Waals surface area contributed by atoms with Crippen LogP contribution in [-0.4, -0.2) is 25.8 Å². The van der Waals surface area contributed by atoms with Crippen molar-refractivity contribution in [3.63, 3.8) is 0 Å². The number of aromatic carboxylic acids is 1. The number of hydrogen-bond donors (Lipinski definition) is 1. The van der Waals surface area contributed by atoms with Gasteiger partial charge < -0.3 is 5.11 Å². The lowest BCUT2D eigenvalue weighted by atomic mass is 10.2. The van der Waals surface area contributed by atoms with Crippen LogP contribution >= 0.6 is 47.8 Å². The smallest absolute Gasteiger partial charge is 0.375 e. The quantitative estimate of drug-likeness (QED) is 0.727. The van der Waals surface area contributed by atoms with Crippen LogP contribution in [0.15, 0.2) is 25.6 Å². The molecule has 0 unspecified atom stereocenters. The molecule has 0 radical (unpaired) electrons. The van der Waals surface area contributed by atoms with Crippen molar-refractivity contribution in [1.82, 2.24) is 14.8 Å². The van der Waals surface area contributed by atoms with E-state index in [-0.39, 0.29) is 11.7 Å². The second-order valence-corrected chi connectivity index (χ2v) is 7.01. The number of aromatic nitrogens is 3. The summed E-state index contributed by atoms with van der Waals surface area (Å²) in [6.45, 7) is 3.87. The predicted molar refractivity (Wildman–Crippen MR) is 85.5 cm³/mol. The Morgan fingerprint density at radius 3 is 2.25 bits per heavy atom. The summed E-state index contributed by atoms with van der Waals surface area (Å²) in [6, 6.07) is 3.73. The highest BCUT2D eigenvalue weighted by molar-refractivity contribution is 9.11. The van der Waals surface area contributed by atoms with E-state index < -0.39 is 5.97 Å².